The molecule has 1 saturated heterocycles. The number of anilines is 1. The van der Waals surface area contributed by atoms with Gasteiger partial charge < -0.3 is 15.3 Å². The van der Waals surface area contributed by atoms with Gasteiger partial charge in [-0.15, -0.1) is 0 Å². The van der Waals surface area contributed by atoms with E-state index in [4.69, 9.17) is 4.98 Å². The molecule has 6 rings (SSSR count). The second-order valence-electron chi connectivity index (χ2n) is 9.43. The van der Waals surface area contributed by atoms with E-state index in [1.54, 1.807) is 24.3 Å². The summed E-state index contributed by atoms with van der Waals surface area (Å²) in [6.07, 6.45) is 3.49. The Bertz CT molecular complexity index is 1650. The van der Waals surface area contributed by atoms with Crippen LogP contribution in [0.4, 0.5) is 5.69 Å². The van der Waals surface area contributed by atoms with Gasteiger partial charge in [-0.05, 0) is 60.9 Å². The summed E-state index contributed by atoms with van der Waals surface area (Å²) in [6.45, 7) is 0.875. The minimum Gasteiger partial charge on any atom is -0.361 e. The first-order chi connectivity index (χ1) is 18.0. The summed E-state index contributed by atoms with van der Waals surface area (Å²) in [6, 6.07) is 22.1. The van der Waals surface area contributed by atoms with Crippen LogP contribution in [-0.2, 0) is 21.2 Å². The first kappa shape index (κ1) is 23.4. The fourth-order valence-electron chi connectivity index (χ4n) is 5.05. The molecule has 0 unspecified atom stereocenters. The predicted molar refractivity (Wildman–Crippen MR) is 144 cm³/mol. The summed E-state index contributed by atoms with van der Waals surface area (Å²) >= 11 is 0. The summed E-state index contributed by atoms with van der Waals surface area (Å²) in [5.74, 6) is 0.965. The zero-order valence-corrected chi connectivity index (χ0v) is 21.0. The molecule has 0 spiro atoms. The van der Waals surface area contributed by atoms with E-state index in [0.717, 1.165) is 33.3 Å². The van der Waals surface area contributed by atoms with Crippen molar-refractivity contribution in [2.45, 2.75) is 30.1 Å². The van der Waals surface area contributed by atoms with Crippen molar-refractivity contribution in [2.24, 2.45) is 0 Å². The number of carbonyl (C=O) groups excluding carboxylic acids is 1. The van der Waals surface area contributed by atoms with Crippen molar-refractivity contribution in [1.29, 1.82) is 0 Å². The van der Waals surface area contributed by atoms with E-state index in [2.05, 4.69) is 15.3 Å². The number of imidazole rings is 1. The number of hydrogen-bond acceptors (Lipinski definition) is 4. The minimum absolute atomic E-state index is 0.159. The SMILES string of the molecule is O=C(Cc1c[nH]c2ccccc12)Nc1ccc(S(=O)(=O)N2CCC(c3nc4ccccc4[nH]3)CC2)cc1. The van der Waals surface area contributed by atoms with Gasteiger partial charge >= 0.3 is 0 Å². The fourth-order valence-corrected chi connectivity index (χ4v) is 6.52. The molecule has 0 atom stereocenters. The maximum absolute atomic E-state index is 13.3. The van der Waals surface area contributed by atoms with Crippen LogP contribution >= 0.6 is 0 Å². The smallest absolute Gasteiger partial charge is 0.243 e. The van der Waals surface area contributed by atoms with Gasteiger partial charge in [0.05, 0.1) is 22.3 Å². The summed E-state index contributed by atoms with van der Waals surface area (Å²) in [7, 11) is -3.62. The van der Waals surface area contributed by atoms with E-state index in [-0.39, 0.29) is 23.1 Å². The highest BCUT2D eigenvalue weighted by Crippen LogP contribution is 2.31. The van der Waals surface area contributed by atoms with Gasteiger partial charge in [0, 0.05) is 41.8 Å². The van der Waals surface area contributed by atoms with Gasteiger partial charge in [-0.1, -0.05) is 30.3 Å². The zero-order valence-electron chi connectivity index (χ0n) is 20.1. The third-order valence-corrected chi connectivity index (χ3v) is 8.96. The molecule has 3 aromatic carbocycles. The Kier molecular flexibility index (Phi) is 6.02. The Balaban J connectivity index is 1.08. The molecule has 9 heteroatoms. The number of piperidine rings is 1. The number of nitrogens with zero attached hydrogens (tertiary/aromatic N) is 2. The molecule has 0 radical (unpaired) electrons. The first-order valence-electron chi connectivity index (χ1n) is 12.4. The number of sulfonamides is 1. The minimum atomic E-state index is -3.62. The predicted octanol–water partition coefficient (Wildman–Crippen LogP) is 4.79. The number of aromatic amines is 2. The molecule has 188 valence electrons. The van der Waals surface area contributed by atoms with Crippen LogP contribution < -0.4 is 5.32 Å². The van der Waals surface area contributed by atoms with Crippen molar-refractivity contribution in [3.05, 3.63) is 90.4 Å². The van der Waals surface area contributed by atoms with Crippen LogP contribution in [0.1, 0.15) is 30.1 Å². The van der Waals surface area contributed by atoms with Crippen molar-refractivity contribution in [3.8, 4) is 0 Å². The second kappa shape index (κ2) is 9.49. The highest BCUT2D eigenvalue weighted by molar-refractivity contribution is 7.89. The lowest BCUT2D eigenvalue weighted by molar-refractivity contribution is -0.115. The molecule has 1 aliphatic rings. The number of rotatable bonds is 6. The average Bonchev–Trinajstić information content (AvgIpc) is 3.54. The number of para-hydroxylation sites is 3. The van der Waals surface area contributed by atoms with Crippen molar-refractivity contribution < 1.29 is 13.2 Å². The molecule has 2 aromatic heterocycles. The quantitative estimate of drug-likeness (QED) is 0.303. The average molecular weight is 514 g/mol. The third kappa shape index (κ3) is 4.63. The molecule has 1 amide bonds. The summed E-state index contributed by atoms with van der Waals surface area (Å²) in [4.78, 5) is 24.1. The highest BCUT2D eigenvalue weighted by atomic mass is 32.2. The molecule has 1 fully saturated rings. The number of hydrogen-bond donors (Lipinski definition) is 3. The summed E-state index contributed by atoms with van der Waals surface area (Å²) < 4.78 is 28.0. The number of carbonyl (C=O) groups is 1. The molecule has 8 nitrogen and oxygen atoms in total. The van der Waals surface area contributed by atoms with E-state index in [1.807, 2.05) is 54.7 Å². The highest BCUT2D eigenvalue weighted by Gasteiger charge is 2.31. The first-order valence-corrected chi connectivity index (χ1v) is 13.8. The molecule has 3 heterocycles. The van der Waals surface area contributed by atoms with Gasteiger partial charge in [0.2, 0.25) is 15.9 Å². The van der Waals surface area contributed by atoms with E-state index in [9.17, 15) is 13.2 Å². The molecule has 37 heavy (non-hydrogen) atoms. The Morgan fingerprint density at radius 2 is 1.65 bits per heavy atom. The summed E-state index contributed by atoms with van der Waals surface area (Å²) in [5.41, 5.74) is 4.40. The van der Waals surface area contributed by atoms with Gasteiger partial charge in [-0.2, -0.15) is 4.31 Å². The number of fused-ring (bicyclic) bond motifs is 2. The van der Waals surface area contributed by atoms with Crippen LogP contribution in [-0.4, -0.2) is 46.7 Å². The Morgan fingerprint density at radius 1 is 0.946 bits per heavy atom. The lowest BCUT2D eigenvalue weighted by Crippen LogP contribution is -2.38. The monoisotopic (exact) mass is 513 g/mol. The van der Waals surface area contributed by atoms with Crippen molar-refractivity contribution in [3.63, 3.8) is 0 Å². The Labute approximate surface area is 214 Å². The lowest BCUT2D eigenvalue weighted by Gasteiger charge is -2.30. The van der Waals surface area contributed by atoms with Crippen molar-refractivity contribution in [2.75, 3.05) is 18.4 Å². The Hall–Kier alpha value is -3.95. The molecule has 0 aliphatic carbocycles. The Morgan fingerprint density at radius 3 is 2.41 bits per heavy atom. The van der Waals surface area contributed by atoms with Crippen molar-refractivity contribution in [1.82, 2.24) is 19.3 Å². The molecule has 1 aliphatic heterocycles. The number of aromatic nitrogens is 3. The van der Waals surface area contributed by atoms with Crippen LogP contribution in [0, 0.1) is 0 Å². The molecular weight excluding hydrogens is 486 g/mol. The van der Waals surface area contributed by atoms with E-state index in [1.165, 1.54) is 4.31 Å². The zero-order chi connectivity index (χ0) is 25.4. The second-order valence-corrected chi connectivity index (χ2v) is 11.4. The van der Waals surface area contributed by atoms with E-state index >= 15 is 0 Å². The van der Waals surface area contributed by atoms with Crippen LogP contribution in [0.25, 0.3) is 21.9 Å². The fraction of sp³-hybridized carbons (Fsp3) is 0.214. The van der Waals surface area contributed by atoms with Crippen LogP contribution in [0.2, 0.25) is 0 Å². The van der Waals surface area contributed by atoms with Crippen LogP contribution in [0.5, 0.6) is 0 Å². The largest absolute Gasteiger partial charge is 0.361 e. The molecule has 0 bridgehead atoms. The maximum atomic E-state index is 13.3. The summed E-state index contributed by atoms with van der Waals surface area (Å²) in [5, 5.41) is 3.88. The normalized spacial score (nSPS) is 15.4. The lowest BCUT2D eigenvalue weighted by atomic mass is 9.97. The van der Waals surface area contributed by atoms with Gasteiger partial charge in [0.25, 0.3) is 0 Å². The van der Waals surface area contributed by atoms with Crippen LogP contribution in [0.15, 0.2) is 83.9 Å². The van der Waals surface area contributed by atoms with Crippen molar-refractivity contribution >= 4 is 43.6 Å². The third-order valence-electron chi connectivity index (χ3n) is 7.05. The molecule has 3 N–H and O–H groups in total. The molecule has 0 saturated carbocycles. The van der Waals surface area contributed by atoms with E-state index < -0.39 is 10.0 Å². The van der Waals surface area contributed by atoms with Gasteiger partial charge in [0.15, 0.2) is 0 Å². The number of amides is 1. The number of benzene rings is 3. The van der Waals surface area contributed by atoms with E-state index in [0.29, 0.717) is 31.6 Å². The number of H-pyrrole nitrogens is 2. The van der Waals surface area contributed by atoms with Gasteiger partial charge in [-0.25, -0.2) is 13.4 Å². The topological polar surface area (TPSA) is 111 Å². The number of nitrogens with one attached hydrogen (secondary N) is 3. The van der Waals surface area contributed by atoms with Gasteiger partial charge in [-0.3, -0.25) is 4.79 Å². The molecular formula is C28H27N5O3S. The maximum Gasteiger partial charge on any atom is 0.243 e. The molecule has 5 aromatic rings. The standard InChI is InChI=1S/C28H27N5O3S/c34-27(17-20-18-29-24-6-2-1-5-23(20)24)30-21-9-11-22(12-10-21)37(35,36)33-15-13-19(14-16-33)28-31-25-7-3-4-8-26(25)32-28/h1-12,18-19,29H,13-17H2,(H,30,34)(H,31,32). The van der Waals surface area contributed by atoms with Crippen LogP contribution in [0.3, 0.4) is 0 Å². The van der Waals surface area contributed by atoms with Gasteiger partial charge in [0.1, 0.15) is 5.82 Å².